The van der Waals surface area contributed by atoms with Crippen LogP contribution in [0.25, 0.3) is 16.6 Å². The molecule has 4 aromatic rings. The minimum atomic E-state index is -0.0997. The summed E-state index contributed by atoms with van der Waals surface area (Å²) in [5, 5.41) is 3.64. The summed E-state index contributed by atoms with van der Waals surface area (Å²) >= 11 is 0. The first-order valence-corrected chi connectivity index (χ1v) is 10.4. The largest absolute Gasteiger partial charge is 0.350 e. The number of benzene rings is 2. The smallest absolute Gasteiger partial charge is 0.261 e. The van der Waals surface area contributed by atoms with Crippen LogP contribution in [0.1, 0.15) is 36.9 Å². The molecule has 0 aliphatic heterocycles. The van der Waals surface area contributed by atoms with Gasteiger partial charge in [-0.3, -0.25) is 14.2 Å². The summed E-state index contributed by atoms with van der Waals surface area (Å²) in [7, 11) is 0. The van der Waals surface area contributed by atoms with Crippen molar-refractivity contribution in [2.45, 2.75) is 39.3 Å². The van der Waals surface area contributed by atoms with Crippen molar-refractivity contribution in [3.63, 3.8) is 0 Å². The molecule has 2 aromatic heterocycles. The lowest BCUT2D eigenvalue weighted by Crippen LogP contribution is -2.27. The highest BCUT2D eigenvalue weighted by Crippen LogP contribution is 2.16. The van der Waals surface area contributed by atoms with Crippen LogP contribution < -0.4 is 10.9 Å². The molecule has 7 heteroatoms. The van der Waals surface area contributed by atoms with Gasteiger partial charge in [-0.1, -0.05) is 24.3 Å². The lowest BCUT2D eigenvalue weighted by molar-refractivity contribution is -0.121. The van der Waals surface area contributed by atoms with Crippen molar-refractivity contribution in [3.8, 4) is 5.69 Å². The standard InChI is InChI=1S/C24H25N5O2/c1-17-5-3-6-21-23(17)26-16-29(24(21)31)13-4-7-22(30)27-18(2)19-8-10-20(11-9-19)28-14-12-25-15-28/h3,5-6,8-12,14-16,18H,4,7,13H2,1-2H3,(H,27,30). The maximum absolute atomic E-state index is 12.6. The predicted molar refractivity (Wildman–Crippen MR) is 120 cm³/mol. The molecule has 0 radical (unpaired) electrons. The fraction of sp³-hybridized carbons (Fsp3) is 0.250. The number of carbonyl (C=O) groups is 1. The van der Waals surface area contributed by atoms with Crippen LogP contribution in [0.3, 0.4) is 0 Å². The summed E-state index contributed by atoms with van der Waals surface area (Å²) in [6.45, 7) is 4.36. The molecule has 1 atom stereocenters. The fourth-order valence-electron chi connectivity index (χ4n) is 3.65. The van der Waals surface area contributed by atoms with Crippen LogP contribution in [0, 0.1) is 6.92 Å². The minimum Gasteiger partial charge on any atom is -0.350 e. The van der Waals surface area contributed by atoms with Gasteiger partial charge in [0.15, 0.2) is 0 Å². The van der Waals surface area contributed by atoms with E-state index in [2.05, 4.69) is 15.3 Å². The van der Waals surface area contributed by atoms with Gasteiger partial charge in [0.2, 0.25) is 5.91 Å². The second-order valence-electron chi connectivity index (χ2n) is 7.67. The molecule has 0 aliphatic rings. The third-order valence-electron chi connectivity index (χ3n) is 5.43. The number of nitrogens with one attached hydrogen (secondary N) is 1. The maximum Gasteiger partial charge on any atom is 0.261 e. The van der Waals surface area contributed by atoms with E-state index in [0.29, 0.717) is 24.8 Å². The Labute approximate surface area is 180 Å². The van der Waals surface area contributed by atoms with Crippen LogP contribution in [0.15, 0.2) is 72.3 Å². The zero-order valence-electron chi connectivity index (χ0n) is 17.7. The van der Waals surface area contributed by atoms with E-state index in [1.54, 1.807) is 29.5 Å². The van der Waals surface area contributed by atoms with Crippen LogP contribution in [-0.4, -0.2) is 25.0 Å². The second kappa shape index (κ2) is 8.95. The molecule has 1 N–H and O–H groups in total. The summed E-state index contributed by atoms with van der Waals surface area (Å²) in [6, 6.07) is 13.5. The summed E-state index contributed by atoms with van der Waals surface area (Å²) in [6.07, 6.45) is 7.85. The zero-order chi connectivity index (χ0) is 21.8. The van der Waals surface area contributed by atoms with E-state index in [-0.39, 0.29) is 17.5 Å². The van der Waals surface area contributed by atoms with Crippen molar-refractivity contribution in [3.05, 3.63) is 89.0 Å². The number of carbonyl (C=O) groups excluding carboxylic acids is 1. The Morgan fingerprint density at radius 2 is 1.94 bits per heavy atom. The van der Waals surface area contributed by atoms with Gasteiger partial charge in [0.05, 0.1) is 29.6 Å². The summed E-state index contributed by atoms with van der Waals surface area (Å²) in [5.41, 5.74) is 3.69. The van der Waals surface area contributed by atoms with Crippen LogP contribution >= 0.6 is 0 Å². The number of rotatable bonds is 7. The first-order valence-electron chi connectivity index (χ1n) is 10.4. The van der Waals surface area contributed by atoms with Gasteiger partial charge in [-0.25, -0.2) is 9.97 Å². The lowest BCUT2D eigenvalue weighted by Gasteiger charge is -2.15. The van der Waals surface area contributed by atoms with E-state index in [1.165, 1.54) is 0 Å². The van der Waals surface area contributed by atoms with E-state index in [4.69, 9.17) is 0 Å². The first-order chi connectivity index (χ1) is 15.0. The molecule has 0 bridgehead atoms. The number of fused-ring (bicyclic) bond motifs is 1. The number of hydrogen-bond donors (Lipinski definition) is 1. The Kier molecular flexibility index (Phi) is 5.93. The van der Waals surface area contributed by atoms with E-state index in [9.17, 15) is 9.59 Å². The van der Waals surface area contributed by atoms with Crippen LogP contribution in [-0.2, 0) is 11.3 Å². The van der Waals surface area contributed by atoms with Crippen molar-refractivity contribution in [2.24, 2.45) is 0 Å². The molecule has 7 nitrogen and oxygen atoms in total. The number of amides is 1. The normalized spacial score (nSPS) is 12.1. The SMILES string of the molecule is Cc1cccc2c(=O)n(CCCC(=O)NC(C)c3ccc(-n4ccnc4)cc3)cnc12. The molecule has 158 valence electrons. The van der Waals surface area contributed by atoms with Gasteiger partial charge < -0.3 is 9.88 Å². The Morgan fingerprint density at radius 1 is 1.13 bits per heavy atom. The monoisotopic (exact) mass is 415 g/mol. The van der Waals surface area contributed by atoms with Gasteiger partial charge in [0, 0.05) is 31.0 Å². The fourth-order valence-corrected chi connectivity index (χ4v) is 3.65. The van der Waals surface area contributed by atoms with E-state index < -0.39 is 0 Å². The average Bonchev–Trinajstić information content (AvgIpc) is 3.31. The maximum atomic E-state index is 12.6. The topological polar surface area (TPSA) is 81.8 Å². The average molecular weight is 415 g/mol. The molecule has 1 amide bonds. The Balaban J connectivity index is 1.32. The number of hydrogen-bond acceptors (Lipinski definition) is 4. The van der Waals surface area contributed by atoms with Gasteiger partial charge in [-0.15, -0.1) is 0 Å². The third-order valence-corrected chi connectivity index (χ3v) is 5.43. The van der Waals surface area contributed by atoms with Gasteiger partial charge in [0.25, 0.3) is 5.56 Å². The molecule has 31 heavy (non-hydrogen) atoms. The number of aromatic nitrogens is 4. The van der Waals surface area contributed by atoms with Crippen molar-refractivity contribution in [1.29, 1.82) is 0 Å². The molecule has 0 fully saturated rings. The third kappa shape index (κ3) is 4.55. The van der Waals surface area contributed by atoms with Crippen molar-refractivity contribution in [1.82, 2.24) is 24.4 Å². The zero-order valence-corrected chi connectivity index (χ0v) is 17.7. The number of nitrogens with zero attached hydrogens (tertiary/aromatic N) is 4. The molecule has 0 saturated carbocycles. The molecule has 0 saturated heterocycles. The van der Waals surface area contributed by atoms with Crippen molar-refractivity contribution < 1.29 is 4.79 Å². The molecular weight excluding hydrogens is 390 g/mol. The van der Waals surface area contributed by atoms with Crippen LogP contribution in [0.4, 0.5) is 0 Å². The molecule has 2 heterocycles. The predicted octanol–water partition coefficient (Wildman–Crippen LogP) is 3.55. The van der Waals surface area contributed by atoms with E-state index in [1.807, 2.05) is 61.0 Å². The molecule has 0 spiro atoms. The number of imidazole rings is 1. The number of aryl methyl sites for hydroxylation is 2. The van der Waals surface area contributed by atoms with Gasteiger partial charge >= 0.3 is 0 Å². The molecular formula is C24H25N5O2. The van der Waals surface area contributed by atoms with Gasteiger partial charge in [-0.2, -0.15) is 0 Å². The Bertz CT molecular complexity index is 1240. The first kappa shape index (κ1) is 20.5. The molecule has 0 aliphatic carbocycles. The number of para-hydroxylation sites is 1. The summed E-state index contributed by atoms with van der Waals surface area (Å²) in [5.74, 6) is -0.0381. The highest BCUT2D eigenvalue weighted by Gasteiger charge is 2.11. The Hall–Kier alpha value is -3.74. The van der Waals surface area contributed by atoms with E-state index >= 15 is 0 Å². The molecule has 2 aromatic carbocycles. The lowest BCUT2D eigenvalue weighted by atomic mass is 10.1. The van der Waals surface area contributed by atoms with Gasteiger partial charge in [-0.05, 0) is 49.6 Å². The highest BCUT2D eigenvalue weighted by atomic mass is 16.1. The van der Waals surface area contributed by atoms with Crippen LogP contribution in [0.2, 0.25) is 0 Å². The molecule has 1 unspecified atom stereocenters. The second-order valence-corrected chi connectivity index (χ2v) is 7.67. The minimum absolute atomic E-state index is 0.0381. The van der Waals surface area contributed by atoms with Crippen LogP contribution in [0.5, 0.6) is 0 Å². The quantitative estimate of drug-likeness (QED) is 0.500. The van der Waals surface area contributed by atoms with Crippen molar-refractivity contribution >= 4 is 16.8 Å². The van der Waals surface area contributed by atoms with Gasteiger partial charge in [0.1, 0.15) is 0 Å². The summed E-state index contributed by atoms with van der Waals surface area (Å²) in [4.78, 5) is 33.5. The Morgan fingerprint density at radius 3 is 2.68 bits per heavy atom. The molecule has 4 rings (SSSR count). The summed E-state index contributed by atoms with van der Waals surface area (Å²) < 4.78 is 3.51. The van der Waals surface area contributed by atoms with Crippen molar-refractivity contribution in [2.75, 3.05) is 0 Å². The van der Waals surface area contributed by atoms with E-state index in [0.717, 1.165) is 22.3 Å². The highest BCUT2D eigenvalue weighted by molar-refractivity contribution is 5.80.